The van der Waals surface area contributed by atoms with Crippen molar-refractivity contribution in [2.75, 3.05) is 11.9 Å². The maximum atomic E-state index is 12.3. The van der Waals surface area contributed by atoms with Crippen LogP contribution in [-0.4, -0.2) is 24.1 Å². The first-order valence-corrected chi connectivity index (χ1v) is 6.94. The maximum absolute atomic E-state index is 12.3. The average Bonchev–Trinajstić information content (AvgIpc) is 2.52. The first-order chi connectivity index (χ1) is 10.1. The molecular weight excluding hydrogens is 264 g/mol. The van der Waals surface area contributed by atoms with Crippen LogP contribution in [0, 0.1) is 0 Å². The molecule has 0 aliphatic heterocycles. The Hall–Kier alpha value is -2.33. The maximum Gasteiger partial charge on any atom is 0.243 e. The normalized spacial score (nSPS) is 11.9. The summed E-state index contributed by atoms with van der Waals surface area (Å²) in [5.74, 6) is -0.0264. The summed E-state index contributed by atoms with van der Waals surface area (Å²) in [6, 6.07) is 16.0. The monoisotopic (exact) mass is 284 g/mol. The van der Waals surface area contributed by atoms with Crippen LogP contribution in [0.3, 0.4) is 0 Å². The Morgan fingerprint density at radius 3 is 2.57 bits per heavy atom. The number of nitrogens with zero attached hydrogens (tertiary/aromatic N) is 1. The standard InChI is InChI=1S/C17H20N2O2/c1-19(14-8-5-9-15(20)12-14)17(21)16(18)11-10-13-6-3-2-4-7-13/h2-9,12,16,20H,10-11,18H2,1H3. The van der Waals surface area contributed by atoms with Gasteiger partial charge in [0.15, 0.2) is 0 Å². The largest absolute Gasteiger partial charge is 0.508 e. The van der Waals surface area contributed by atoms with Crippen LogP contribution >= 0.6 is 0 Å². The van der Waals surface area contributed by atoms with E-state index in [-0.39, 0.29) is 11.7 Å². The summed E-state index contributed by atoms with van der Waals surface area (Å²) in [7, 11) is 1.67. The van der Waals surface area contributed by atoms with Crippen LogP contribution in [0.2, 0.25) is 0 Å². The van der Waals surface area contributed by atoms with Crippen LogP contribution in [0.5, 0.6) is 5.75 Å². The highest BCUT2D eigenvalue weighted by Gasteiger charge is 2.19. The fourth-order valence-electron chi connectivity index (χ4n) is 2.17. The predicted molar refractivity (Wildman–Crippen MR) is 84.3 cm³/mol. The fraction of sp³-hybridized carbons (Fsp3) is 0.235. The molecule has 3 N–H and O–H groups in total. The second-order valence-electron chi connectivity index (χ2n) is 5.05. The molecule has 0 aromatic heterocycles. The van der Waals surface area contributed by atoms with Gasteiger partial charge in [-0.25, -0.2) is 0 Å². The van der Waals surface area contributed by atoms with Crippen molar-refractivity contribution in [3.05, 3.63) is 60.2 Å². The van der Waals surface area contributed by atoms with E-state index in [0.717, 1.165) is 6.42 Å². The highest BCUT2D eigenvalue weighted by molar-refractivity contribution is 5.96. The lowest BCUT2D eigenvalue weighted by atomic mass is 10.0. The van der Waals surface area contributed by atoms with Gasteiger partial charge < -0.3 is 15.7 Å². The van der Waals surface area contributed by atoms with Crippen LogP contribution < -0.4 is 10.6 Å². The van der Waals surface area contributed by atoms with Gasteiger partial charge in [-0.3, -0.25) is 4.79 Å². The number of nitrogens with two attached hydrogens (primary N) is 1. The minimum atomic E-state index is -0.558. The van der Waals surface area contributed by atoms with Gasteiger partial charge in [0.25, 0.3) is 0 Å². The number of benzene rings is 2. The number of aryl methyl sites for hydroxylation is 1. The third-order valence-corrected chi connectivity index (χ3v) is 3.45. The topological polar surface area (TPSA) is 66.6 Å². The number of amides is 1. The predicted octanol–water partition coefficient (Wildman–Crippen LogP) is 2.32. The van der Waals surface area contributed by atoms with Crippen molar-refractivity contribution in [2.24, 2.45) is 5.73 Å². The molecule has 1 atom stereocenters. The van der Waals surface area contributed by atoms with E-state index in [4.69, 9.17) is 5.73 Å². The second-order valence-corrected chi connectivity index (χ2v) is 5.05. The molecule has 1 unspecified atom stereocenters. The smallest absolute Gasteiger partial charge is 0.243 e. The van der Waals surface area contributed by atoms with Gasteiger partial charge >= 0.3 is 0 Å². The van der Waals surface area contributed by atoms with Crippen molar-refractivity contribution >= 4 is 11.6 Å². The van der Waals surface area contributed by atoms with Crippen molar-refractivity contribution < 1.29 is 9.90 Å². The molecule has 0 aliphatic rings. The SMILES string of the molecule is CN(C(=O)C(N)CCc1ccccc1)c1cccc(O)c1. The number of likely N-dealkylation sites (N-methyl/N-ethyl adjacent to an activating group) is 1. The third kappa shape index (κ3) is 4.07. The molecule has 0 spiro atoms. The van der Waals surface area contributed by atoms with Gasteiger partial charge in [-0.15, -0.1) is 0 Å². The molecule has 1 amide bonds. The van der Waals surface area contributed by atoms with E-state index in [1.807, 2.05) is 30.3 Å². The van der Waals surface area contributed by atoms with E-state index in [9.17, 15) is 9.90 Å². The molecule has 2 aromatic carbocycles. The number of anilines is 1. The lowest BCUT2D eigenvalue weighted by Crippen LogP contribution is -2.42. The van der Waals surface area contributed by atoms with Gasteiger partial charge in [0.1, 0.15) is 5.75 Å². The van der Waals surface area contributed by atoms with Gasteiger partial charge in [0.2, 0.25) is 5.91 Å². The highest BCUT2D eigenvalue weighted by atomic mass is 16.3. The Kier molecular flexibility index (Phi) is 4.95. The first-order valence-electron chi connectivity index (χ1n) is 6.94. The molecule has 110 valence electrons. The van der Waals surface area contributed by atoms with E-state index in [0.29, 0.717) is 12.1 Å². The lowest BCUT2D eigenvalue weighted by Gasteiger charge is -2.21. The highest BCUT2D eigenvalue weighted by Crippen LogP contribution is 2.19. The number of phenols is 1. The number of carbonyl (C=O) groups excluding carboxylic acids is 1. The second kappa shape index (κ2) is 6.90. The molecule has 0 aliphatic carbocycles. The molecular formula is C17H20N2O2. The van der Waals surface area contributed by atoms with Gasteiger partial charge in [-0.05, 0) is 30.5 Å². The van der Waals surface area contributed by atoms with Crippen molar-refractivity contribution in [3.63, 3.8) is 0 Å². The summed E-state index contributed by atoms with van der Waals surface area (Å²) in [6.45, 7) is 0. The number of hydrogen-bond donors (Lipinski definition) is 2. The number of carbonyl (C=O) groups is 1. The van der Waals surface area contributed by atoms with Gasteiger partial charge in [-0.1, -0.05) is 36.4 Å². The first kappa shape index (κ1) is 15.1. The van der Waals surface area contributed by atoms with Crippen LogP contribution in [0.4, 0.5) is 5.69 Å². The van der Waals surface area contributed by atoms with Crippen LogP contribution in [-0.2, 0) is 11.2 Å². The van der Waals surface area contributed by atoms with Gasteiger partial charge in [-0.2, -0.15) is 0 Å². The summed E-state index contributed by atoms with van der Waals surface area (Å²) in [6.07, 6.45) is 1.35. The van der Waals surface area contributed by atoms with Gasteiger partial charge in [0, 0.05) is 18.8 Å². The van der Waals surface area contributed by atoms with Crippen molar-refractivity contribution in [1.29, 1.82) is 0 Å². The van der Waals surface area contributed by atoms with E-state index in [2.05, 4.69) is 0 Å². The summed E-state index contributed by atoms with van der Waals surface area (Å²) < 4.78 is 0. The van der Waals surface area contributed by atoms with Gasteiger partial charge in [0.05, 0.1) is 6.04 Å². The van der Waals surface area contributed by atoms with Crippen LogP contribution in [0.1, 0.15) is 12.0 Å². The molecule has 4 nitrogen and oxygen atoms in total. The lowest BCUT2D eigenvalue weighted by molar-refractivity contribution is -0.119. The molecule has 0 bridgehead atoms. The molecule has 0 heterocycles. The molecule has 0 radical (unpaired) electrons. The molecule has 21 heavy (non-hydrogen) atoms. The molecule has 0 saturated carbocycles. The summed E-state index contributed by atoms with van der Waals surface area (Å²) >= 11 is 0. The Labute approximate surface area is 124 Å². The number of rotatable bonds is 5. The summed E-state index contributed by atoms with van der Waals surface area (Å²) in [5, 5.41) is 9.47. The summed E-state index contributed by atoms with van der Waals surface area (Å²) in [5.41, 5.74) is 7.79. The van der Waals surface area contributed by atoms with E-state index in [1.165, 1.54) is 10.5 Å². The van der Waals surface area contributed by atoms with Crippen molar-refractivity contribution in [2.45, 2.75) is 18.9 Å². The minimum Gasteiger partial charge on any atom is -0.508 e. The third-order valence-electron chi connectivity index (χ3n) is 3.45. The van der Waals surface area contributed by atoms with E-state index in [1.54, 1.807) is 31.3 Å². The molecule has 4 heteroatoms. The quantitative estimate of drug-likeness (QED) is 0.885. The summed E-state index contributed by atoms with van der Waals surface area (Å²) in [4.78, 5) is 13.8. The number of aromatic hydroxyl groups is 1. The molecule has 2 aromatic rings. The molecule has 2 rings (SSSR count). The zero-order chi connectivity index (χ0) is 15.2. The molecule has 0 fully saturated rings. The Morgan fingerprint density at radius 2 is 1.90 bits per heavy atom. The zero-order valence-corrected chi connectivity index (χ0v) is 12.1. The van der Waals surface area contributed by atoms with Crippen LogP contribution in [0.25, 0.3) is 0 Å². The van der Waals surface area contributed by atoms with Crippen molar-refractivity contribution in [1.82, 2.24) is 0 Å². The van der Waals surface area contributed by atoms with Crippen molar-refractivity contribution in [3.8, 4) is 5.75 Å². The Bertz CT molecular complexity index is 599. The molecule has 0 saturated heterocycles. The fourth-order valence-corrected chi connectivity index (χ4v) is 2.17. The van der Waals surface area contributed by atoms with E-state index < -0.39 is 6.04 Å². The number of hydrogen-bond acceptors (Lipinski definition) is 3. The van der Waals surface area contributed by atoms with E-state index >= 15 is 0 Å². The van der Waals surface area contributed by atoms with Crippen LogP contribution in [0.15, 0.2) is 54.6 Å². The zero-order valence-electron chi connectivity index (χ0n) is 12.1. The average molecular weight is 284 g/mol. The Balaban J connectivity index is 1.95. The Morgan fingerprint density at radius 1 is 1.19 bits per heavy atom. The number of phenolic OH excluding ortho intramolecular Hbond substituents is 1. The minimum absolute atomic E-state index is 0.130.